The van der Waals surface area contributed by atoms with Gasteiger partial charge in [-0.25, -0.2) is 13.1 Å². The Morgan fingerprint density at radius 3 is 2.72 bits per heavy atom. The number of aromatic nitrogens is 1. The molecular weight excluding hydrogens is 256 g/mol. The van der Waals surface area contributed by atoms with Crippen LogP contribution < -0.4 is 4.72 Å². The Morgan fingerprint density at radius 2 is 2.22 bits per heavy atom. The maximum Gasteiger partial charge on any atom is 0.310 e. The fourth-order valence-corrected chi connectivity index (χ4v) is 3.13. The average molecular weight is 270 g/mol. The van der Waals surface area contributed by atoms with Crippen molar-refractivity contribution < 1.29 is 18.3 Å². The van der Waals surface area contributed by atoms with Crippen LogP contribution in [0, 0.1) is 5.92 Å². The summed E-state index contributed by atoms with van der Waals surface area (Å²) in [6, 6.07) is 1.03. The zero-order valence-corrected chi connectivity index (χ0v) is 10.6. The lowest BCUT2D eigenvalue weighted by Gasteiger charge is -2.11. The van der Waals surface area contributed by atoms with Gasteiger partial charge in [0.05, 0.1) is 10.8 Å². The second-order valence-corrected chi connectivity index (χ2v) is 6.02. The van der Waals surface area contributed by atoms with E-state index in [0.29, 0.717) is 0 Å². The lowest BCUT2D eigenvalue weighted by molar-refractivity contribution is -0.140. The van der Waals surface area contributed by atoms with Crippen molar-refractivity contribution in [2.45, 2.75) is 17.4 Å². The minimum absolute atomic E-state index is 0.178. The molecule has 98 valence electrons. The second kappa shape index (κ2) is 4.58. The first-order valence-corrected chi connectivity index (χ1v) is 6.92. The SMILES string of the molecule is Cn1ccc(S(=O)(=O)NC2C=CC(C(=O)O)C2)c1. The summed E-state index contributed by atoms with van der Waals surface area (Å²) in [5.74, 6) is -1.55. The van der Waals surface area contributed by atoms with Gasteiger partial charge in [0.25, 0.3) is 0 Å². The van der Waals surface area contributed by atoms with E-state index in [1.807, 2.05) is 0 Å². The predicted molar refractivity (Wildman–Crippen MR) is 64.4 cm³/mol. The fourth-order valence-electron chi connectivity index (χ4n) is 1.87. The molecule has 0 amide bonds. The highest BCUT2D eigenvalue weighted by Crippen LogP contribution is 2.20. The van der Waals surface area contributed by atoms with Crippen molar-refractivity contribution in [2.24, 2.45) is 13.0 Å². The molecule has 1 aromatic rings. The van der Waals surface area contributed by atoms with Crippen LogP contribution in [0.2, 0.25) is 0 Å². The number of nitrogens with zero attached hydrogens (tertiary/aromatic N) is 1. The lowest BCUT2D eigenvalue weighted by atomic mass is 10.1. The molecule has 1 aliphatic rings. The van der Waals surface area contributed by atoms with Gasteiger partial charge in [-0.3, -0.25) is 4.79 Å². The number of sulfonamides is 1. The molecule has 0 saturated carbocycles. The number of hydrogen-bond acceptors (Lipinski definition) is 3. The van der Waals surface area contributed by atoms with Gasteiger partial charge < -0.3 is 9.67 Å². The highest BCUT2D eigenvalue weighted by Gasteiger charge is 2.28. The van der Waals surface area contributed by atoms with Gasteiger partial charge in [-0.2, -0.15) is 0 Å². The number of carboxylic acid groups (broad SMARTS) is 1. The smallest absolute Gasteiger partial charge is 0.310 e. The molecule has 1 heterocycles. The van der Waals surface area contributed by atoms with Gasteiger partial charge in [0.15, 0.2) is 0 Å². The Kier molecular flexibility index (Phi) is 3.27. The molecular formula is C11H14N2O4S. The summed E-state index contributed by atoms with van der Waals surface area (Å²) in [4.78, 5) is 10.9. The third kappa shape index (κ3) is 2.62. The summed E-state index contributed by atoms with van der Waals surface area (Å²) >= 11 is 0. The number of carbonyl (C=O) groups is 1. The predicted octanol–water partition coefficient (Wildman–Crippen LogP) is 0.333. The highest BCUT2D eigenvalue weighted by molar-refractivity contribution is 7.89. The Labute approximate surface area is 105 Å². The summed E-state index contributed by atoms with van der Waals surface area (Å²) in [5, 5.41) is 8.82. The zero-order valence-electron chi connectivity index (χ0n) is 9.78. The van der Waals surface area contributed by atoms with E-state index in [1.165, 1.54) is 18.3 Å². The molecule has 2 N–H and O–H groups in total. The number of carboxylic acids is 1. The maximum atomic E-state index is 12.0. The molecule has 7 heteroatoms. The zero-order chi connectivity index (χ0) is 13.3. The van der Waals surface area contributed by atoms with Crippen LogP contribution in [-0.4, -0.2) is 30.1 Å². The quantitative estimate of drug-likeness (QED) is 0.772. The van der Waals surface area contributed by atoms with Crippen molar-refractivity contribution in [3.05, 3.63) is 30.6 Å². The van der Waals surface area contributed by atoms with E-state index < -0.39 is 28.0 Å². The second-order valence-electron chi connectivity index (χ2n) is 4.31. The lowest BCUT2D eigenvalue weighted by Crippen LogP contribution is -2.33. The molecule has 0 aliphatic heterocycles. The van der Waals surface area contributed by atoms with Gasteiger partial charge >= 0.3 is 5.97 Å². The van der Waals surface area contributed by atoms with Gasteiger partial charge in [-0.05, 0) is 12.5 Å². The average Bonchev–Trinajstić information content (AvgIpc) is 2.86. The Balaban J connectivity index is 2.07. The minimum Gasteiger partial charge on any atom is -0.481 e. The molecule has 2 atom stereocenters. The number of hydrogen-bond donors (Lipinski definition) is 2. The van der Waals surface area contributed by atoms with E-state index in [-0.39, 0.29) is 11.3 Å². The largest absolute Gasteiger partial charge is 0.481 e. The van der Waals surface area contributed by atoms with Crippen LogP contribution in [0.25, 0.3) is 0 Å². The summed E-state index contributed by atoms with van der Waals surface area (Å²) in [5.41, 5.74) is 0. The van der Waals surface area contributed by atoms with Gasteiger partial charge in [0, 0.05) is 25.5 Å². The highest BCUT2D eigenvalue weighted by atomic mass is 32.2. The number of aliphatic carboxylic acids is 1. The first-order valence-electron chi connectivity index (χ1n) is 5.44. The van der Waals surface area contributed by atoms with E-state index in [1.54, 1.807) is 23.9 Å². The summed E-state index contributed by atoms with van der Waals surface area (Å²) in [6.07, 6.45) is 6.48. The molecule has 0 radical (unpaired) electrons. The Hall–Kier alpha value is -1.60. The Bertz CT molecular complexity index is 588. The van der Waals surface area contributed by atoms with Crippen LogP contribution in [-0.2, 0) is 21.9 Å². The standard InChI is InChI=1S/C11H14N2O4S/c1-13-5-4-10(7-13)18(16,17)12-9-3-2-8(6-9)11(14)15/h2-5,7-9,12H,6H2,1H3,(H,14,15). The molecule has 2 unspecified atom stereocenters. The van der Waals surface area contributed by atoms with Gasteiger partial charge in [-0.15, -0.1) is 0 Å². The third-order valence-corrected chi connectivity index (χ3v) is 4.30. The maximum absolute atomic E-state index is 12.0. The van der Waals surface area contributed by atoms with Gasteiger partial charge in [0.1, 0.15) is 0 Å². The van der Waals surface area contributed by atoms with Crippen LogP contribution in [0.4, 0.5) is 0 Å². The van der Waals surface area contributed by atoms with Gasteiger partial charge in [-0.1, -0.05) is 12.2 Å². The van der Waals surface area contributed by atoms with E-state index in [4.69, 9.17) is 5.11 Å². The number of nitrogens with one attached hydrogen (secondary N) is 1. The molecule has 0 spiro atoms. The molecule has 1 aromatic heterocycles. The third-order valence-electron chi connectivity index (χ3n) is 2.82. The molecule has 0 bridgehead atoms. The van der Waals surface area contributed by atoms with Crippen molar-refractivity contribution in [1.82, 2.24) is 9.29 Å². The number of rotatable bonds is 4. The van der Waals surface area contributed by atoms with Crippen LogP contribution >= 0.6 is 0 Å². The van der Waals surface area contributed by atoms with Crippen LogP contribution in [0.3, 0.4) is 0 Å². The van der Waals surface area contributed by atoms with Gasteiger partial charge in [0.2, 0.25) is 10.0 Å². The molecule has 2 rings (SSSR count). The minimum atomic E-state index is -3.59. The monoisotopic (exact) mass is 270 g/mol. The van der Waals surface area contributed by atoms with Crippen LogP contribution in [0.5, 0.6) is 0 Å². The summed E-state index contributed by atoms with van der Waals surface area (Å²) in [6.45, 7) is 0. The molecule has 18 heavy (non-hydrogen) atoms. The number of aryl methyl sites for hydroxylation is 1. The molecule has 6 nitrogen and oxygen atoms in total. The van der Waals surface area contributed by atoms with E-state index in [2.05, 4.69) is 4.72 Å². The van der Waals surface area contributed by atoms with Crippen molar-refractivity contribution in [1.29, 1.82) is 0 Å². The molecule has 0 saturated heterocycles. The first kappa shape index (κ1) is 12.8. The molecule has 1 aliphatic carbocycles. The van der Waals surface area contributed by atoms with Crippen molar-refractivity contribution in [3.8, 4) is 0 Å². The van der Waals surface area contributed by atoms with Crippen LogP contribution in [0.15, 0.2) is 35.5 Å². The summed E-state index contributed by atoms with van der Waals surface area (Å²) in [7, 11) is -1.86. The van der Waals surface area contributed by atoms with Crippen molar-refractivity contribution >= 4 is 16.0 Å². The molecule has 0 fully saturated rings. The summed E-state index contributed by atoms with van der Waals surface area (Å²) < 4.78 is 28.1. The Morgan fingerprint density at radius 1 is 1.50 bits per heavy atom. The topological polar surface area (TPSA) is 88.4 Å². The van der Waals surface area contributed by atoms with E-state index in [0.717, 1.165) is 0 Å². The van der Waals surface area contributed by atoms with Crippen LogP contribution in [0.1, 0.15) is 6.42 Å². The first-order chi connectivity index (χ1) is 8.38. The fraction of sp³-hybridized carbons (Fsp3) is 0.364. The van der Waals surface area contributed by atoms with E-state index in [9.17, 15) is 13.2 Å². The van der Waals surface area contributed by atoms with Crippen molar-refractivity contribution in [2.75, 3.05) is 0 Å². The van der Waals surface area contributed by atoms with E-state index >= 15 is 0 Å². The normalized spacial score (nSPS) is 23.4. The van der Waals surface area contributed by atoms with Crippen molar-refractivity contribution in [3.63, 3.8) is 0 Å². The molecule has 0 aromatic carbocycles.